The standard InChI is InChI=1S/C16H14N2O/c1-12-7-8-16-17-14(15(11-19)18(16)10-12)9-13-5-3-2-4-6-13/h2-8,10-11H,9H2,1H3. The zero-order valence-electron chi connectivity index (χ0n) is 10.7. The minimum absolute atomic E-state index is 0.641. The molecule has 0 aliphatic rings. The van der Waals surface area contributed by atoms with E-state index in [2.05, 4.69) is 4.98 Å². The molecule has 2 aromatic heterocycles. The molecule has 0 saturated carbocycles. The van der Waals surface area contributed by atoms with Crippen LogP contribution < -0.4 is 0 Å². The van der Waals surface area contributed by atoms with Crippen molar-refractivity contribution in [1.29, 1.82) is 0 Å². The number of imidazole rings is 1. The van der Waals surface area contributed by atoms with Crippen LogP contribution in [0, 0.1) is 6.92 Å². The first kappa shape index (κ1) is 11.7. The summed E-state index contributed by atoms with van der Waals surface area (Å²) in [5, 5.41) is 0. The van der Waals surface area contributed by atoms with Crippen molar-refractivity contribution < 1.29 is 4.79 Å². The molecule has 1 aromatic carbocycles. The molecule has 0 N–H and O–H groups in total. The number of carbonyl (C=O) groups is 1. The Kier molecular flexibility index (Phi) is 2.88. The minimum Gasteiger partial charge on any atom is -0.297 e. The Morgan fingerprint density at radius 1 is 1.16 bits per heavy atom. The highest BCUT2D eigenvalue weighted by atomic mass is 16.1. The van der Waals surface area contributed by atoms with E-state index in [1.165, 1.54) is 0 Å². The summed E-state index contributed by atoms with van der Waals surface area (Å²) in [5.74, 6) is 0. The quantitative estimate of drug-likeness (QED) is 0.669. The van der Waals surface area contributed by atoms with Crippen LogP contribution in [0.1, 0.15) is 27.3 Å². The molecule has 3 nitrogen and oxygen atoms in total. The van der Waals surface area contributed by atoms with Gasteiger partial charge in [-0.15, -0.1) is 0 Å². The molecule has 3 rings (SSSR count). The van der Waals surface area contributed by atoms with Gasteiger partial charge in [-0.05, 0) is 24.1 Å². The molecule has 0 unspecified atom stereocenters. The van der Waals surface area contributed by atoms with Crippen LogP contribution in [0.5, 0.6) is 0 Å². The molecule has 0 atom stereocenters. The van der Waals surface area contributed by atoms with E-state index in [0.29, 0.717) is 12.1 Å². The summed E-state index contributed by atoms with van der Waals surface area (Å²) < 4.78 is 1.86. The molecule has 0 saturated heterocycles. The van der Waals surface area contributed by atoms with Crippen LogP contribution in [0.4, 0.5) is 0 Å². The zero-order chi connectivity index (χ0) is 13.2. The smallest absolute Gasteiger partial charge is 0.168 e. The van der Waals surface area contributed by atoms with Crippen LogP contribution >= 0.6 is 0 Å². The lowest BCUT2D eigenvalue weighted by Crippen LogP contribution is -1.96. The topological polar surface area (TPSA) is 34.4 Å². The van der Waals surface area contributed by atoms with Gasteiger partial charge in [0.1, 0.15) is 11.3 Å². The van der Waals surface area contributed by atoms with Gasteiger partial charge in [0, 0.05) is 12.6 Å². The number of aromatic nitrogens is 2. The van der Waals surface area contributed by atoms with E-state index in [0.717, 1.165) is 28.8 Å². The van der Waals surface area contributed by atoms with E-state index in [4.69, 9.17) is 0 Å². The van der Waals surface area contributed by atoms with Gasteiger partial charge in [0.15, 0.2) is 6.29 Å². The van der Waals surface area contributed by atoms with Crippen molar-refractivity contribution in [3.05, 3.63) is 71.2 Å². The number of fused-ring (bicyclic) bond motifs is 1. The fourth-order valence-corrected chi connectivity index (χ4v) is 2.26. The normalized spacial score (nSPS) is 10.8. The number of hydrogen-bond acceptors (Lipinski definition) is 2. The highest BCUT2D eigenvalue weighted by Crippen LogP contribution is 2.16. The molecule has 3 heteroatoms. The number of hydrogen-bond donors (Lipinski definition) is 0. The molecule has 3 aromatic rings. The molecule has 0 fully saturated rings. The number of pyridine rings is 1. The molecule has 0 aliphatic carbocycles. The summed E-state index contributed by atoms with van der Waals surface area (Å²) in [6, 6.07) is 14.0. The van der Waals surface area contributed by atoms with Gasteiger partial charge in [0.2, 0.25) is 0 Å². The van der Waals surface area contributed by atoms with Gasteiger partial charge in [-0.2, -0.15) is 0 Å². The number of rotatable bonds is 3. The summed E-state index contributed by atoms with van der Waals surface area (Å²) in [4.78, 5) is 15.9. The predicted molar refractivity (Wildman–Crippen MR) is 74.6 cm³/mol. The molecule has 2 heterocycles. The van der Waals surface area contributed by atoms with Crippen LogP contribution in [-0.4, -0.2) is 15.7 Å². The van der Waals surface area contributed by atoms with Gasteiger partial charge in [-0.3, -0.25) is 9.20 Å². The van der Waals surface area contributed by atoms with Crippen molar-refractivity contribution >= 4 is 11.9 Å². The van der Waals surface area contributed by atoms with Gasteiger partial charge >= 0.3 is 0 Å². The van der Waals surface area contributed by atoms with E-state index in [1.807, 2.05) is 60.0 Å². The van der Waals surface area contributed by atoms with Crippen molar-refractivity contribution in [3.8, 4) is 0 Å². The highest BCUT2D eigenvalue weighted by molar-refractivity contribution is 5.76. The molecular formula is C16H14N2O. The Bertz CT molecular complexity index is 729. The van der Waals surface area contributed by atoms with E-state index < -0.39 is 0 Å². The fraction of sp³-hybridized carbons (Fsp3) is 0.125. The van der Waals surface area contributed by atoms with Crippen LogP contribution in [0.25, 0.3) is 5.65 Å². The molecule has 0 aliphatic heterocycles. The van der Waals surface area contributed by atoms with Gasteiger partial charge in [0.05, 0.1) is 5.69 Å². The lowest BCUT2D eigenvalue weighted by Gasteiger charge is -1.99. The maximum atomic E-state index is 11.3. The maximum Gasteiger partial charge on any atom is 0.168 e. The Morgan fingerprint density at radius 3 is 2.68 bits per heavy atom. The molecular weight excluding hydrogens is 236 g/mol. The second kappa shape index (κ2) is 4.69. The van der Waals surface area contributed by atoms with Crippen molar-refractivity contribution in [2.24, 2.45) is 0 Å². The summed E-state index contributed by atoms with van der Waals surface area (Å²) in [7, 11) is 0. The van der Waals surface area contributed by atoms with Gasteiger partial charge < -0.3 is 0 Å². The Balaban J connectivity index is 2.11. The fourth-order valence-electron chi connectivity index (χ4n) is 2.26. The maximum absolute atomic E-state index is 11.3. The molecule has 94 valence electrons. The number of carbonyl (C=O) groups excluding carboxylic acids is 1. The minimum atomic E-state index is 0.641. The molecule has 19 heavy (non-hydrogen) atoms. The van der Waals surface area contributed by atoms with Crippen molar-refractivity contribution in [1.82, 2.24) is 9.38 Å². The SMILES string of the molecule is Cc1ccc2nc(Cc3ccccc3)c(C=O)n2c1. The number of aryl methyl sites for hydroxylation is 1. The first-order valence-corrected chi connectivity index (χ1v) is 6.24. The van der Waals surface area contributed by atoms with Crippen molar-refractivity contribution in [3.63, 3.8) is 0 Å². The monoisotopic (exact) mass is 250 g/mol. The van der Waals surface area contributed by atoms with Crippen LogP contribution in [0.3, 0.4) is 0 Å². The summed E-state index contributed by atoms with van der Waals surface area (Å²) in [5.41, 5.74) is 4.55. The van der Waals surface area contributed by atoms with Crippen LogP contribution in [0.2, 0.25) is 0 Å². The third-order valence-corrected chi connectivity index (χ3v) is 3.21. The molecule has 0 radical (unpaired) electrons. The lowest BCUT2D eigenvalue weighted by atomic mass is 10.1. The van der Waals surface area contributed by atoms with Gasteiger partial charge in [0.25, 0.3) is 0 Å². The van der Waals surface area contributed by atoms with E-state index in [1.54, 1.807) is 0 Å². The average molecular weight is 250 g/mol. The number of nitrogens with zero attached hydrogens (tertiary/aromatic N) is 2. The molecule has 0 bridgehead atoms. The third-order valence-electron chi connectivity index (χ3n) is 3.21. The molecule has 0 spiro atoms. The van der Waals surface area contributed by atoms with E-state index >= 15 is 0 Å². The van der Waals surface area contributed by atoms with Crippen molar-refractivity contribution in [2.75, 3.05) is 0 Å². The zero-order valence-corrected chi connectivity index (χ0v) is 10.7. The van der Waals surface area contributed by atoms with Gasteiger partial charge in [-0.25, -0.2) is 4.98 Å². The number of aldehydes is 1. The number of benzene rings is 1. The summed E-state index contributed by atoms with van der Waals surface area (Å²) in [6.45, 7) is 2.00. The lowest BCUT2D eigenvalue weighted by molar-refractivity contribution is 0.111. The van der Waals surface area contributed by atoms with E-state index in [-0.39, 0.29) is 0 Å². The van der Waals surface area contributed by atoms with Crippen LogP contribution in [-0.2, 0) is 6.42 Å². The van der Waals surface area contributed by atoms with Gasteiger partial charge in [-0.1, -0.05) is 36.4 Å². The van der Waals surface area contributed by atoms with Crippen molar-refractivity contribution in [2.45, 2.75) is 13.3 Å². The Hall–Kier alpha value is -2.42. The first-order chi connectivity index (χ1) is 9.28. The summed E-state index contributed by atoms with van der Waals surface area (Å²) in [6.07, 6.45) is 3.51. The average Bonchev–Trinajstić information content (AvgIpc) is 2.76. The predicted octanol–water partition coefficient (Wildman–Crippen LogP) is 3.05. The highest BCUT2D eigenvalue weighted by Gasteiger charge is 2.11. The third kappa shape index (κ3) is 2.15. The summed E-state index contributed by atoms with van der Waals surface area (Å²) >= 11 is 0. The molecule has 0 amide bonds. The second-order valence-electron chi connectivity index (χ2n) is 4.66. The van der Waals surface area contributed by atoms with E-state index in [9.17, 15) is 4.79 Å². The first-order valence-electron chi connectivity index (χ1n) is 6.24. The Labute approximate surface area is 111 Å². The Morgan fingerprint density at radius 2 is 1.95 bits per heavy atom. The largest absolute Gasteiger partial charge is 0.297 e. The second-order valence-corrected chi connectivity index (χ2v) is 4.66. The van der Waals surface area contributed by atoms with Crippen LogP contribution in [0.15, 0.2) is 48.7 Å².